The molecule has 0 radical (unpaired) electrons. The van der Waals surface area contributed by atoms with Crippen LogP contribution in [-0.4, -0.2) is 82.6 Å². The number of amides is 2. The predicted molar refractivity (Wildman–Crippen MR) is 139 cm³/mol. The zero-order valence-electron chi connectivity index (χ0n) is 22.3. The molecule has 0 saturated carbocycles. The van der Waals surface area contributed by atoms with Gasteiger partial charge in [-0.2, -0.15) is 0 Å². The largest absolute Gasteiger partial charge is 0.497 e. The van der Waals surface area contributed by atoms with E-state index in [0.29, 0.717) is 54.9 Å². The number of anilines is 2. The second-order valence-electron chi connectivity index (χ2n) is 8.45. The van der Waals surface area contributed by atoms with Gasteiger partial charge in [0.15, 0.2) is 0 Å². The number of methoxy groups -OCH3 is 3. The minimum Gasteiger partial charge on any atom is -0.497 e. The molecule has 11 nitrogen and oxygen atoms in total. The average molecular weight is 517 g/mol. The first-order chi connectivity index (χ1) is 17.8. The summed E-state index contributed by atoms with van der Waals surface area (Å²) in [6, 6.07) is 7.25. The maximum Gasteiger partial charge on any atom is 0.332 e. The Morgan fingerprint density at radius 3 is 2.22 bits per heavy atom. The van der Waals surface area contributed by atoms with Gasteiger partial charge in [0.25, 0.3) is 0 Å². The Hall–Kier alpha value is -3.73. The highest BCUT2D eigenvalue weighted by atomic mass is 16.6. The number of aromatic nitrogens is 1. The van der Waals surface area contributed by atoms with Crippen molar-refractivity contribution in [2.45, 2.75) is 26.9 Å². The number of nitrogens with zero attached hydrogens (tertiary/aromatic N) is 3. The van der Waals surface area contributed by atoms with Crippen molar-refractivity contribution >= 4 is 23.4 Å². The van der Waals surface area contributed by atoms with Crippen molar-refractivity contribution in [1.82, 2.24) is 9.88 Å². The minimum absolute atomic E-state index is 0.175. The summed E-state index contributed by atoms with van der Waals surface area (Å²) in [4.78, 5) is 33.2. The van der Waals surface area contributed by atoms with Gasteiger partial charge in [-0.3, -0.25) is 0 Å². The Balaban J connectivity index is 1.66. The van der Waals surface area contributed by atoms with Crippen LogP contribution in [0.25, 0.3) is 0 Å². The van der Waals surface area contributed by atoms with E-state index in [1.807, 2.05) is 32.0 Å². The van der Waals surface area contributed by atoms with Crippen molar-refractivity contribution in [3.8, 4) is 17.4 Å². The molecular formula is C26H36N4O7. The van der Waals surface area contributed by atoms with Crippen molar-refractivity contribution in [2.75, 3.05) is 70.9 Å². The monoisotopic (exact) mass is 516 g/mol. The van der Waals surface area contributed by atoms with Gasteiger partial charge < -0.3 is 38.8 Å². The number of benzene rings is 1. The van der Waals surface area contributed by atoms with Crippen LogP contribution >= 0.6 is 0 Å². The molecule has 2 heterocycles. The standard InChI is InChI=1S/C26H36N4O7/c1-7-36-24(31)16-37-18(3)22-15-23(25(35-6)27-17(22)2)28-26(32)30-10-8-29(9-11-30)19-12-20(33-4)14-21(13-19)34-5/h12-15,18H,7-11,16H2,1-6H3,(H,28,32). The minimum atomic E-state index is -0.443. The van der Waals surface area contributed by atoms with Gasteiger partial charge in [0.1, 0.15) is 23.8 Å². The fourth-order valence-corrected chi connectivity index (χ4v) is 4.08. The Labute approximate surface area is 217 Å². The van der Waals surface area contributed by atoms with E-state index in [-0.39, 0.29) is 19.2 Å². The molecule has 1 aromatic heterocycles. The normalized spacial score (nSPS) is 14.1. The topological polar surface area (TPSA) is 112 Å². The zero-order chi connectivity index (χ0) is 26.9. The molecule has 1 fully saturated rings. The summed E-state index contributed by atoms with van der Waals surface area (Å²) in [6.45, 7) is 7.84. The molecule has 1 aliphatic heterocycles. The van der Waals surface area contributed by atoms with Crippen molar-refractivity contribution in [3.63, 3.8) is 0 Å². The summed E-state index contributed by atoms with van der Waals surface area (Å²) in [5, 5.41) is 2.92. The van der Waals surface area contributed by atoms with Gasteiger partial charge in [-0.05, 0) is 26.8 Å². The first kappa shape index (κ1) is 27.9. The van der Waals surface area contributed by atoms with E-state index in [1.165, 1.54) is 7.11 Å². The van der Waals surface area contributed by atoms with Gasteiger partial charge in [-0.15, -0.1) is 0 Å². The summed E-state index contributed by atoms with van der Waals surface area (Å²) in [5.41, 5.74) is 2.81. The molecule has 202 valence electrons. The van der Waals surface area contributed by atoms with Crippen molar-refractivity contribution < 1.29 is 33.3 Å². The van der Waals surface area contributed by atoms with E-state index < -0.39 is 12.1 Å². The molecule has 2 amide bonds. The van der Waals surface area contributed by atoms with Gasteiger partial charge in [-0.25, -0.2) is 14.6 Å². The third-order valence-corrected chi connectivity index (χ3v) is 6.11. The number of piperazine rings is 1. The molecule has 0 aliphatic carbocycles. The van der Waals surface area contributed by atoms with E-state index in [0.717, 1.165) is 11.3 Å². The van der Waals surface area contributed by atoms with Crippen molar-refractivity contribution in [2.24, 2.45) is 0 Å². The van der Waals surface area contributed by atoms with Gasteiger partial charge in [0.2, 0.25) is 5.88 Å². The molecule has 2 aromatic rings. The van der Waals surface area contributed by atoms with E-state index in [1.54, 1.807) is 32.1 Å². The van der Waals surface area contributed by atoms with Gasteiger partial charge >= 0.3 is 12.0 Å². The lowest BCUT2D eigenvalue weighted by atomic mass is 10.1. The highest BCUT2D eigenvalue weighted by Gasteiger charge is 2.24. The molecule has 0 spiro atoms. The highest BCUT2D eigenvalue weighted by molar-refractivity contribution is 5.91. The molecular weight excluding hydrogens is 480 g/mol. The van der Waals surface area contributed by atoms with E-state index in [9.17, 15) is 9.59 Å². The van der Waals surface area contributed by atoms with Crippen LogP contribution in [0.3, 0.4) is 0 Å². The highest BCUT2D eigenvalue weighted by Crippen LogP contribution is 2.31. The second kappa shape index (κ2) is 13.0. The number of carbonyl (C=O) groups is 2. The van der Waals surface area contributed by atoms with Crippen molar-refractivity contribution in [1.29, 1.82) is 0 Å². The first-order valence-corrected chi connectivity index (χ1v) is 12.2. The van der Waals surface area contributed by atoms with Crippen molar-refractivity contribution in [3.05, 3.63) is 35.5 Å². The summed E-state index contributed by atoms with van der Waals surface area (Å²) >= 11 is 0. The predicted octanol–water partition coefficient (Wildman–Crippen LogP) is 3.41. The fraction of sp³-hybridized carbons (Fsp3) is 0.500. The Morgan fingerprint density at radius 2 is 1.65 bits per heavy atom. The van der Waals surface area contributed by atoms with Gasteiger partial charge in [0, 0.05) is 61.3 Å². The third-order valence-electron chi connectivity index (χ3n) is 6.11. The molecule has 11 heteroatoms. The van der Waals surface area contributed by atoms with Crippen LogP contribution in [0.15, 0.2) is 24.3 Å². The van der Waals surface area contributed by atoms with E-state index in [2.05, 4.69) is 15.2 Å². The summed E-state index contributed by atoms with van der Waals surface area (Å²) < 4.78 is 26.7. The maximum absolute atomic E-state index is 13.1. The summed E-state index contributed by atoms with van der Waals surface area (Å²) in [6.07, 6.45) is -0.443. The van der Waals surface area contributed by atoms with Crippen LogP contribution in [0.1, 0.15) is 31.2 Å². The molecule has 1 aromatic carbocycles. The maximum atomic E-state index is 13.1. The number of hydrogen-bond acceptors (Lipinski definition) is 9. The number of esters is 1. The fourth-order valence-electron chi connectivity index (χ4n) is 4.08. The molecule has 1 atom stereocenters. The van der Waals surface area contributed by atoms with Gasteiger partial charge in [-0.1, -0.05) is 0 Å². The molecule has 1 unspecified atom stereocenters. The smallest absolute Gasteiger partial charge is 0.332 e. The lowest BCUT2D eigenvalue weighted by molar-refractivity contribution is -0.150. The third kappa shape index (κ3) is 7.16. The number of rotatable bonds is 10. The van der Waals surface area contributed by atoms with Crippen LogP contribution in [0.2, 0.25) is 0 Å². The second-order valence-corrected chi connectivity index (χ2v) is 8.45. The summed E-state index contributed by atoms with van der Waals surface area (Å²) in [7, 11) is 4.74. The molecule has 37 heavy (non-hydrogen) atoms. The molecule has 0 bridgehead atoms. The lowest BCUT2D eigenvalue weighted by Crippen LogP contribution is -2.50. The quantitative estimate of drug-likeness (QED) is 0.475. The number of urea groups is 1. The Morgan fingerprint density at radius 1 is 1.00 bits per heavy atom. The van der Waals surface area contributed by atoms with Crippen LogP contribution < -0.4 is 24.4 Å². The molecule has 3 rings (SSSR count). The van der Waals surface area contributed by atoms with Crippen LogP contribution in [0, 0.1) is 6.92 Å². The molecule has 1 N–H and O–H groups in total. The van der Waals surface area contributed by atoms with Crippen LogP contribution in [0.4, 0.5) is 16.2 Å². The van der Waals surface area contributed by atoms with E-state index >= 15 is 0 Å². The Bertz CT molecular complexity index is 1060. The number of hydrogen-bond donors (Lipinski definition) is 1. The average Bonchev–Trinajstić information content (AvgIpc) is 2.92. The summed E-state index contributed by atoms with van der Waals surface area (Å²) in [5.74, 6) is 1.29. The lowest BCUT2D eigenvalue weighted by Gasteiger charge is -2.36. The number of aryl methyl sites for hydroxylation is 1. The number of carbonyl (C=O) groups excluding carboxylic acids is 2. The number of ether oxygens (including phenoxy) is 5. The molecule has 1 aliphatic rings. The SMILES string of the molecule is CCOC(=O)COC(C)c1cc(NC(=O)N2CCN(c3cc(OC)cc(OC)c3)CC2)c(OC)nc1C. The van der Waals surface area contributed by atoms with E-state index in [4.69, 9.17) is 23.7 Å². The number of pyridine rings is 1. The Kier molecular flexibility index (Phi) is 9.78. The molecule has 1 saturated heterocycles. The first-order valence-electron chi connectivity index (χ1n) is 12.2. The van der Waals surface area contributed by atoms with Gasteiger partial charge in [0.05, 0.1) is 34.0 Å². The van der Waals surface area contributed by atoms with Crippen LogP contribution in [-0.2, 0) is 14.3 Å². The zero-order valence-corrected chi connectivity index (χ0v) is 22.3. The van der Waals surface area contributed by atoms with Crippen LogP contribution in [0.5, 0.6) is 17.4 Å². The number of nitrogens with one attached hydrogen (secondary N) is 1.